The number of guanidine groups is 1. The summed E-state index contributed by atoms with van der Waals surface area (Å²) in [7, 11) is 0. The molecule has 0 aromatic heterocycles. The van der Waals surface area contributed by atoms with Crippen molar-refractivity contribution in [2.45, 2.75) is 50.6 Å². The number of nitrogens with one attached hydrogen (secondary N) is 1. The van der Waals surface area contributed by atoms with Crippen LogP contribution in [0.25, 0.3) is 0 Å². The first-order valence-corrected chi connectivity index (χ1v) is 8.32. The highest BCUT2D eigenvalue weighted by Gasteiger charge is 2.50. The standard InChI is InChI=1S/C18H20N4O/c1-12-10-13-6-2-3-7-15(13)22(12)17-20-16(23)14(11-19)18(21-17)8-4-5-9-18/h2-3,6-7,12,14H,4-5,8-10H2,1H3,(H,20,21,23)/t12-,14+/m1/s1. The van der Waals surface area contributed by atoms with Crippen LogP contribution in [-0.2, 0) is 11.2 Å². The van der Waals surface area contributed by atoms with E-state index < -0.39 is 11.5 Å². The molecule has 0 radical (unpaired) electrons. The minimum absolute atomic E-state index is 0.198. The van der Waals surface area contributed by atoms with Gasteiger partial charge in [0, 0.05) is 11.7 Å². The lowest BCUT2D eigenvalue weighted by molar-refractivity contribution is -0.124. The summed E-state index contributed by atoms with van der Waals surface area (Å²) in [6.07, 6.45) is 4.67. The van der Waals surface area contributed by atoms with Crippen molar-refractivity contribution in [3.8, 4) is 6.07 Å². The van der Waals surface area contributed by atoms with Gasteiger partial charge < -0.3 is 4.90 Å². The zero-order chi connectivity index (χ0) is 16.0. The van der Waals surface area contributed by atoms with Crippen LogP contribution >= 0.6 is 0 Å². The van der Waals surface area contributed by atoms with Gasteiger partial charge >= 0.3 is 0 Å². The van der Waals surface area contributed by atoms with Crippen molar-refractivity contribution in [2.75, 3.05) is 4.90 Å². The first-order chi connectivity index (χ1) is 11.1. The number of hydrogen-bond donors (Lipinski definition) is 1. The van der Waals surface area contributed by atoms with Crippen LogP contribution in [0.5, 0.6) is 0 Å². The molecule has 1 N–H and O–H groups in total. The number of nitrogens with zero attached hydrogens (tertiary/aromatic N) is 3. The van der Waals surface area contributed by atoms with Gasteiger partial charge in [0.2, 0.25) is 11.9 Å². The van der Waals surface area contributed by atoms with E-state index in [0.717, 1.165) is 37.8 Å². The lowest BCUT2D eigenvalue weighted by Gasteiger charge is -2.37. The van der Waals surface area contributed by atoms with Gasteiger partial charge in [-0.25, -0.2) is 4.99 Å². The van der Waals surface area contributed by atoms with Crippen LogP contribution in [0, 0.1) is 17.2 Å². The number of carbonyl (C=O) groups is 1. The SMILES string of the molecule is C[C@@H]1Cc2ccccc2N1C1=NC2(CCCC2)[C@@H](C#N)C(=O)N1. The topological polar surface area (TPSA) is 68.5 Å². The summed E-state index contributed by atoms with van der Waals surface area (Å²) in [6, 6.07) is 10.7. The third-order valence-electron chi connectivity index (χ3n) is 5.40. The Morgan fingerprint density at radius 2 is 2.09 bits per heavy atom. The van der Waals surface area contributed by atoms with Crippen molar-refractivity contribution >= 4 is 17.6 Å². The van der Waals surface area contributed by atoms with E-state index >= 15 is 0 Å². The maximum absolute atomic E-state index is 12.5. The van der Waals surface area contributed by atoms with Crippen molar-refractivity contribution in [2.24, 2.45) is 10.9 Å². The number of rotatable bonds is 0. The van der Waals surface area contributed by atoms with E-state index in [9.17, 15) is 10.1 Å². The van der Waals surface area contributed by atoms with Gasteiger partial charge in [-0.05, 0) is 37.8 Å². The average molecular weight is 308 g/mol. The molecule has 1 aromatic carbocycles. The number of benzene rings is 1. The van der Waals surface area contributed by atoms with Gasteiger partial charge in [0.15, 0.2) is 5.92 Å². The van der Waals surface area contributed by atoms with Crippen molar-refractivity contribution in [1.82, 2.24) is 5.32 Å². The van der Waals surface area contributed by atoms with Gasteiger partial charge in [0.25, 0.3) is 0 Å². The molecule has 3 aliphatic rings. The minimum atomic E-state index is -0.665. The Bertz CT molecular complexity index is 727. The van der Waals surface area contributed by atoms with Crippen LogP contribution in [0.3, 0.4) is 0 Å². The summed E-state index contributed by atoms with van der Waals surface area (Å²) < 4.78 is 0. The molecule has 5 heteroatoms. The van der Waals surface area contributed by atoms with Gasteiger partial charge in [-0.1, -0.05) is 31.0 Å². The highest BCUT2D eigenvalue weighted by molar-refractivity contribution is 6.10. The Labute approximate surface area is 136 Å². The number of amides is 1. The second kappa shape index (κ2) is 5.09. The number of hydrogen-bond acceptors (Lipinski definition) is 4. The molecule has 2 aliphatic heterocycles. The third-order valence-corrected chi connectivity index (χ3v) is 5.40. The Morgan fingerprint density at radius 3 is 2.83 bits per heavy atom. The number of carbonyl (C=O) groups excluding carboxylic acids is 1. The number of fused-ring (bicyclic) bond motifs is 1. The van der Waals surface area contributed by atoms with E-state index in [2.05, 4.69) is 35.3 Å². The Kier molecular flexibility index (Phi) is 3.15. The second-order valence-corrected chi connectivity index (χ2v) is 6.85. The molecule has 23 heavy (non-hydrogen) atoms. The highest BCUT2D eigenvalue weighted by atomic mass is 16.2. The average Bonchev–Trinajstić information content (AvgIpc) is 3.11. The minimum Gasteiger partial charge on any atom is -0.309 e. The summed E-state index contributed by atoms with van der Waals surface area (Å²) >= 11 is 0. The lowest BCUT2D eigenvalue weighted by Crippen LogP contribution is -2.57. The summed E-state index contributed by atoms with van der Waals surface area (Å²) in [4.78, 5) is 19.6. The van der Waals surface area contributed by atoms with Crippen LogP contribution < -0.4 is 10.2 Å². The molecule has 1 aromatic rings. The van der Waals surface area contributed by atoms with E-state index in [1.54, 1.807) is 0 Å². The first kappa shape index (κ1) is 14.3. The third kappa shape index (κ3) is 2.05. The second-order valence-electron chi connectivity index (χ2n) is 6.85. The van der Waals surface area contributed by atoms with Crippen molar-refractivity contribution < 1.29 is 4.79 Å². The van der Waals surface area contributed by atoms with E-state index in [0.29, 0.717) is 5.96 Å². The lowest BCUT2D eigenvalue weighted by atomic mass is 9.82. The normalized spacial score (nSPS) is 28.3. The molecule has 1 aliphatic carbocycles. The molecule has 118 valence electrons. The zero-order valence-electron chi connectivity index (χ0n) is 13.2. The fraction of sp³-hybridized carbons (Fsp3) is 0.500. The summed E-state index contributed by atoms with van der Waals surface area (Å²) in [5.74, 6) is -0.237. The molecule has 1 fully saturated rings. The van der Waals surface area contributed by atoms with Crippen LogP contribution in [0.4, 0.5) is 5.69 Å². The maximum atomic E-state index is 12.5. The molecule has 0 bridgehead atoms. The van der Waals surface area contributed by atoms with Gasteiger partial charge in [-0.3, -0.25) is 10.1 Å². The van der Waals surface area contributed by atoms with E-state index in [1.807, 2.05) is 12.1 Å². The molecule has 2 heterocycles. The number of para-hydroxylation sites is 1. The summed E-state index contributed by atoms with van der Waals surface area (Å²) in [6.45, 7) is 2.15. The molecule has 4 rings (SSSR count). The Morgan fingerprint density at radius 1 is 1.35 bits per heavy atom. The largest absolute Gasteiger partial charge is 0.309 e. The Balaban J connectivity index is 1.79. The molecule has 1 spiro atoms. The maximum Gasteiger partial charge on any atom is 0.246 e. The van der Waals surface area contributed by atoms with E-state index in [-0.39, 0.29) is 11.9 Å². The smallest absolute Gasteiger partial charge is 0.246 e. The quantitative estimate of drug-likeness (QED) is 0.800. The first-order valence-electron chi connectivity index (χ1n) is 8.32. The molecular weight excluding hydrogens is 288 g/mol. The van der Waals surface area contributed by atoms with Crippen molar-refractivity contribution in [3.63, 3.8) is 0 Å². The predicted molar refractivity (Wildman–Crippen MR) is 88.0 cm³/mol. The van der Waals surface area contributed by atoms with Gasteiger partial charge in [-0.2, -0.15) is 5.26 Å². The van der Waals surface area contributed by atoms with Gasteiger partial charge in [0.1, 0.15) is 0 Å². The van der Waals surface area contributed by atoms with E-state index in [1.165, 1.54) is 5.56 Å². The van der Waals surface area contributed by atoms with E-state index in [4.69, 9.17) is 4.99 Å². The molecule has 1 saturated carbocycles. The fourth-order valence-electron chi connectivity index (χ4n) is 4.30. The molecule has 5 nitrogen and oxygen atoms in total. The van der Waals surface area contributed by atoms with Crippen LogP contribution in [-0.4, -0.2) is 23.4 Å². The summed E-state index contributed by atoms with van der Waals surface area (Å²) in [5, 5.41) is 12.4. The number of nitriles is 1. The van der Waals surface area contributed by atoms with Crippen LogP contribution in [0.1, 0.15) is 38.2 Å². The molecule has 1 amide bonds. The Hall–Kier alpha value is -2.35. The van der Waals surface area contributed by atoms with Gasteiger partial charge in [-0.15, -0.1) is 0 Å². The monoisotopic (exact) mass is 308 g/mol. The zero-order valence-corrected chi connectivity index (χ0v) is 13.2. The molecular formula is C18H20N4O. The molecule has 0 unspecified atom stereocenters. The predicted octanol–water partition coefficient (Wildman–Crippen LogP) is 2.38. The molecule has 2 atom stereocenters. The fourth-order valence-corrected chi connectivity index (χ4v) is 4.30. The van der Waals surface area contributed by atoms with Crippen molar-refractivity contribution in [3.05, 3.63) is 29.8 Å². The van der Waals surface area contributed by atoms with Crippen molar-refractivity contribution in [1.29, 1.82) is 5.26 Å². The number of anilines is 1. The van der Waals surface area contributed by atoms with Crippen LogP contribution in [0.15, 0.2) is 29.3 Å². The number of aliphatic imine (C=N–C) groups is 1. The van der Waals surface area contributed by atoms with Crippen LogP contribution in [0.2, 0.25) is 0 Å². The highest BCUT2D eigenvalue weighted by Crippen LogP contribution is 2.42. The molecule has 0 saturated heterocycles. The van der Waals surface area contributed by atoms with Gasteiger partial charge in [0.05, 0.1) is 11.6 Å². The summed E-state index contributed by atoms with van der Waals surface area (Å²) in [5.41, 5.74) is 1.87.